The van der Waals surface area contributed by atoms with E-state index in [9.17, 15) is 5.11 Å². The van der Waals surface area contributed by atoms with Gasteiger partial charge in [-0.25, -0.2) is 4.68 Å². The first-order chi connectivity index (χ1) is 10.6. The van der Waals surface area contributed by atoms with E-state index in [1.54, 1.807) is 0 Å². The van der Waals surface area contributed by atoms with Gasteiger partial charge in [0, 0.05) is 5.70 Å². The van der Waals surface area contributed by atoms with Crippen molar-refractivity contribution in [2.24, 2.45) is 5.41 Å². The first-order valence-corrected chi connectivity index (χ1v) is 12.0. The van der Waals surface area contributed by atoms with E-state index in [2.05, 4.69) is 56.8 Å². The summed E-state index contributed by atoms with van der Waals surface area (Å²) in [5.74, 6) is 0. The Morgan fingerprint density at radius 1 is 1.26 bits per heavy atom. The van der Waals surface area contributed by atoms with Crippen molar-refractivity contribution >= 4 is 24.8 Å². The van der Waals surface area contributed by atoms with Gasteiger partial charge in [-0.05, 0) is 30.0 Å². The SMILES string of the molecule is CC(C)(C)C(O)C/C=C(\C[Si](C)(C)C)n1nnc2ccccc21. The van der Waals surface area contributed by atoms with E-state index in [1.165, 1.54) is 0 Å². The molecule has 0 saturated heterocycles. The molecule has 0 radical (unpaired) electrons. The number of aliphatic hydroxyl groups excluding tert-OH is 1. The molecule has 2 rings (SSSR count). The standard InChI is InChI=1S/C18H29N3OSi/c1-18(2,3)17(22)12-11-14(13-23(4,5)6)21-16-10-8-7-9-15(16)19-20-21/h7-11,17,22H,12-13H2,1-6H3/b14-11+. The third-order valence-electron chi connectivity index (χ3n) is 3.91. The Morgan fingerprint density at radius 3 is 2.52 bits per heavy atom. The van der Waals surface area contributed by atoms with Crippen LogP contribution in [-0.4, -0.2) is 34.3 Å². The largest absolute Gasteiger partial charge is 0.392 e. The summed E-state index contributed by atoms with van der Waals surface area (Å²) in [6.45, 7) is 13.2. The minimum atomic E-state index is -1.32. The summed E-state index contributed by atoms with van der Waals surface area (Å²) in [6.07, 6.45) is 2.42. The fraction of sp³-hybridized carbons (Fsp3) is 0.556. The van der Waals surface area contributed by atoms with Gasteiger partial charge < -0.3 is 5.11 Å². The third kappa shape index (κ3) is 4.75. The number of allylic oxidation sites excluding steroid dienone is 1. The molecule has 126 valence electrons. The molecule has 1 unspecified atom stereocenters. The average Bonchev–Trinajstić information content (AvgIpc) is 2.84. The first-order valence-electron chi connectivity index (χ1n) is 8.26. The molecule has 4 nitrogen and oxygen atoms in total. The summed E-state index contributed by atoms with van der Waals surface area (Å²) in [7, 11) is -1.32. The normalized spacial score (nSPS) is 15.2. The number of fused-ring (bicyclic) bond motifs is 1. The summed E-state index contributed by atoms with van der Waals surface area (Å²) in [5.41, 5.74) is 2.97. The minimum Gasteiger partial charge on any atom is -0.392 e. The van der Waals surface area contributed by atoms with Crippen molar-refractivity contribution in [3.63, 3.8) is 0 Å². The highest BCUT2D eigenvalue weighted by Crippen LogP contribution is 2.27. The molecular weight excluding hydrogens is 302 g/mol. The number of rotatable bonds is 5. The van der Waals surface area contributed by atoms with Crippen molar-refractivity contribution in [1.82, 2.24) is 15.0 Å². The molecular formula is C18H29N3OSi. The van der Waals surface area contributed by atoms with Crippen LogP contribution in [0.5, 0.6) is 0 Å². The molecule has 0 fully saturated rings. The van der Waals surface area contributed by atoms with Crippen LogP contribution in [0.4, 0.5) is 0 Å². The average molecular weight is 332 g/mol. The Labute approximate surface area is 140 Å². The fourth-order valence-corrected chi connectivity index (χ4v) is 3.84. The van der Waals surface area contributed by atoms with E-state index in [-0.39, 0.29) is 11.5 Å². The second kappa shape index (κ2) is 6.57. The van der Waals surface area contributed by atoms with Crippen molar-refractivity contribution in [2.75, 3.05) is 0 Å². The van der Waals surface area contributed by atoms with Gasteiger partial charge >= 0.3 is 0 Å². The van der Waals surface area contributed by atoms with Crippen LogP contribution in [-0.2, 0) is 0 Å². The Balaban J connectivity index is 2.38. The summed E-state index contributed by atoms with van der Waals surface area (Å²) in [4.78, 5) is 0. The van der Waals surface area contributed by atoms with E-state index in [4.69, 9.17) is 0 Å². The van der Waals surface area contributed by atoms with E-state index in [0.717, 1.165) is 22.8 Å². The molecule has 1 aromatic carbocycles. The zero-order valence-corrected chi connectivity index (χ0v) is 16.2. The second-order valence-corrected chi connectivity index (χ2v) is 14.0. The van der Waals surface area contributed by atoms with Crippen molar-refractivity contribution in [2.45, 2.75) is 59.0 Å². The molecule has 0 aliphatic heterocycles. The van der Waals surface area contributed by atoms with Gasteiger partial charge in [-0.15, -0.1) is 5.10 Å². The fourth-order valence-electron chi connectivity index (χ4n) is 2.46. The molecule has 0 amide bonds. The Hall–Kier alpha value is -1.46. The van der Waals surface area contributed by atoms with E-state index in [1.807, 2.05) is 28.9 Å². The van der Waals surface area contributed by atoms with Crippen molar-refractivity contribution in [3.05, 3.63) is 30.3 Å². The van der Waals surface area contributed by atoms with E-state index in [0.29, 0.717) is 6.42 Å². The number of benzene rings is 1. The van der Waals surface area contributed by atoms with Gasteiger partial charge in [-0.1, -0.05) is 63.8 Å². The van der Waals surface area contributed by atoms with Crippen molar-refractivity contribution in [1.29, 1.82) is 0 Å². The van der Waals surface area contributed by atoms with E-state index < -0.39 is 8.07 Å². The lowest BCUT2D eigenvalue weighted by atomic mass is 9.87. The van der Waals surface area contributed by atoms with Gasteiger partial charge in [0.1, 0.15) is 5.52 Å². The predicted octanol–water partition coefficient (Wildman–Crippen LogP) is 4.41. The van der Waals surface area contributed by atoms with Crippen LogP contribution >= 0.6 is 0 Å². The van der Waals surface area contributed by atoms with Gasteiger partial charge in [-0.2, -0.15) is 0 Å². The molecule has 1 aromatic heterocycles. The molecule has 1 heterocycles. The maximum atomic E-state index is 10.4. The monoisotopic (exact) mass is 331 g/mol. The second-order valence-electron chi connectivity index (χ2n) is 8.54. The van der Waals surface area contributed by atoms with Gasteiger partial charge in [0.2, 0.25) is 0 Å². The van der Waals surface area contributed by atoms with Crippen molar-refractivity contribution < 1.29 is 5.11 Å². The molecule has 5 heteroatoms. The molecule has 1 N–H and O–H groups in total. The maximum absolute atomic E-state index is 10.4. The number of nitrogens with zero attached hydrogens (tertiary/aromatic N) is 3. The molecule has 0 aliphatic rings. The lowest BCUT2D eigenvalue weighted by Crippen LogP contribution is -2.26. The quantitative estimate of drug-likeness (QED) is 0.826. The summed E-state index contributed by atoms with van der Waals surface area (Å²) < 4.78 is 1.95. The number of aromatic nitrogens is 3. The zero-order valence-electron chi connectivity index (χ0n) is 15.2. The molecule has 2 aromatic rings. The smallest absolute Gasteiger partial charge is 0.113 e. The predicted molar refractivity (Wildman–Crippen MR) is 100 cm³/mol. The summed E-state index contributed by atoms with van der Waals surface area (Å²) in [5, 5.41) is 19.0. The van der Waals surface area contributed by atoms with Crippen LogP contribution in [0.3, 0.4) is 0 Å². The van der Waals surface area contributed by atoms with Gasteiger partial charge in [0.15, 0.2) is 0 Å². The molecule has 23 heavy (non-hydrogen) atoms. The zero-order chi connectivity index (χ0) is 17.3. The van der Waals surface area contributed by atoms with Crippen LogP contribution in [0.1, 0.15) is 27.2 Å². The summed E-state index contributed by atoms with van der Waals surface area (Å²) in [6, 6.07) is 9.03. The minimum absolute atomic E-state index is 0.120. The van der Waals surface area contributed by atoms with Crippen molar-refractivity contribution in [3.8, 4) is 0 Å². The number of para-hydroxylation sites is 1. The molecule has 1 atom stereocenters. The Bertz CT molecular complexity index is 692. The lowest BCUT2D eigenvalue weighted by molar-refractivity contribution is 0.0659. The maximum Gasteiger partial charge on any atom is 0.113 e. The Morgan fingerprint density at radius 2 is 1.91 bits per heavy atom. The topological polar surface area (TPSA) is 50.9 Å². The third-order valence-corrected chi connectivity index (χ3v) is 5.33. The van der Waals surface area contributed by atoms with Crippen LogP contribution in [0.2, 0.25) is 25.7 Å². The van der Waals surface area contributed by atoms with Gasteiger partial charge in [0.25, 0.3) is 0 Å². The number of hydrogen-bond donors (Lipinski definition) is 1. The van der Waals surface area contributed by atoms with Crippen LogP contribution in [0, 0.1) is 5.41 Å². The molecule has 0 bridgehead atoms. The number of hydrogen-bond acceptors (Lipinski definition) is 3. The van der Waals surface area contributed by atoms with Crippen LogP contribution in [0.15, 0.2) is 30.3 Å². The molecule has 0 spiro atoms. The van der Waals surface area contributed by atoms with Gasteiger partial charge in [-0.3, -0.25) is 0 Å². The lowest BCUT2D eigenvalue weighted by Gasteiger charge is -2.25. The molecule has 0 aliphatic carbocycles. The van der Waals surface area contributed by atoms with Crippen LogP contribution < -0.4 is 0 Å². The van der Waals surface area contributed by atoms with Gasteiger partial charge in [0.05, 0.1) is 19.7 Å². The summed E-state index contributed by atoms with van der Waals surface area (Å²) >= 11 is 0. The highest BCUT2D eigenvalue weighted by atomic mass is 28.3. The highest BCUT2D eigenvalue weighted by molar-refractivity contribution is 6.77. The van der Waals surface area contributed by atoms with Crippen LogP contribution in [0.25, 0.3) is 16.7 Å². The molecule has 0 saturated carbocycles. The Kier molecular flexibility index (Phi) is 5.11. The number of aliphatic hydroxyl groups is 1. The van der Waals surface area contributed by atoms with E-state index >= 15 is 0 Å². The first kappa shape index (κ1) is 17.9. The highest BCUT2D eigenvalue weighted by Gasteiger charge is 2.23.